The fourth-order valence-electron chi connectivity index (χ4n) is 2.91. The first kappa shape index (κ1) is 19.0. The summed E-state index contributed by atoms with van der Waals surface area (Å²) in [5, 5.41) is 6.68. The van der Waals surface area contributed by atoms with E-state index in [0.717, 1.165) is 44.3 Å². The Morgan fingerprint density at radius 2 is 2.07 bits per heavy atom. The second kappa shape index (κ2) is 10.4. The number of hydrogen-bond acceptors (Lipinski definition) is 4. The molecule has 0 spiro atoms. The van der Waals surface area contributed by atoms with Gasteiger partial charge >= 0.3 is 0 Å². The van der Waals surface area contributed by atoms with Crippen molar-refractivity contribution in [3.63, 3.8) is 0 Å². The molecule has 144 valence electrons. The van der Waals surface area contributed by atoms with E-state index < -0.39 is 0 Å². The predicted molar refractivity (Wildman–Crippen MR) is 109 cm³/mol. The molecule has 0 atom stereocenters. The molecule has 0 amide bonds. The number of benzene rings is 1. The van der Waals surface area contributed by atoms with E-state index >= 15 is 0 Å². The molecule has 1 aliphatic rings. The number of rotatable bonds is 9. The summed E-state index contributed by atoms with van der Waals surface area (Å²) >= 11 is 0. The molecule has 0 bridgehead atoms. The molecule has 2 N–H and O–H groups in total. The van der Waals surface area contributed by atoms with Crippen LogP contribution < -0.4 is 15.5 Å². The molecule has 0 fully saturated rings. The molecule has 0 aliphatic carbocycles. The zero-order valence-corrected chi connectivity index (χ0v) is 15.9. The minimum Gasteiger partial charge on any atom is -0.467 e. The third kappa shape index (κ3) is 6.18. The molecule has 0 radical (unpaired) electrons. The minimum absolute atomic E-state index is 0.517. The van der Waals surface area contributed by atoms with Crippen LogP contribution in [0.5, 0.6) is 0 Å². The number of aliphatic imine (C=N–C) groups is 1. The monoisotopic (exact) mass is 368 g/mol. The van der Waals surface area contributed by atoms with Gasteiger partial charge in [0.05, 0.1) is 6.26 Å². The molecule has 3 rings (SSSR count). The second-order valence-electron chi connectivity index (χ2n) is 6.38. The van der Waals surface area contributed by atoms with Gasteiger partial charge in [0.1, 0.15) is 12.4 Å². The normalized spacial score (nSPS) is 14.0. The maximum Gasteiger partial charge on any atom is 0.191 e. The van der Waals surface area contributed by atoms with E-state index in [9.17, 15) is 0 Å². The molecule has 27 heavy (non-hydrogen) atoms. The summed E-state index contributed by atoms with van der Waals surface area (Å²) in [6, 6.07) is 12.4. The van der Waals surface area contributed by atoms with Gasteiger partial charge in [-0.3, -0.25) is 4.99 Å². The molecule has 6 heteroatoms. The van der Waals surface area contributed by atoms with Crippen molar-refractivity contribution in [1.29, 1.82) is 0 Å². The standard InChI is InChI=1S/C21H28N4O2/c1-22-21(23-10-6-13-26-17-20-9-5-14-27-20)24-16-18-7-4-8-19(15-18)25-11-2-3-12-25/h2-5,7-9,14-15H,6,10-13,16-17H2,1H3,(H2,22,23,24). The highest BCUT2D eigenvalue weighted by molar-refractivity contribution is 5.79. The van der Waals surface area contributed by atoms with Crippen molar-refractivity contribution in [2.75, 3.05) is 38.2 Å². The van der Waals surface area contributed by atoms with Crippen LogP contribution >= 0.6 is 0 Å². The molecule has 0 saturated heterocycles. The third-order valence-electron chi connectivity index (χ3n) is 4.36. The van der Waals surface area contributed by atoms with Gasteiger partial charge in [-0.25, -0.2) is 0 Å². The van der Waals surface area contributed by atoms with E-state index in [4.69, 9.17) is 9.15 Å². The van der Waals surface area contributed by atoms with Gasteiger partial charge in [-0.15, -0.1) is 0 Å². The third-order valence-corrected chi connectivity index (χ3v) is 4.36. The number of guanidine groups is 1. The van der Waals surface area contributed by atoms with Gasteiger partial charge in [-0.1, -0.05) is 24.3 Å². The zero-order chi connectivity index (χ0) is 18.7. The van der Waals surface area contributed by atoms with Crippen LogP contribution in [0, 0.1) is 0 Å². The predicted octanol–water partition coefficient (Wildman–Crippen LogP) is 2.93. The lowest BCUT2D eigenvalue weighted by molar-refractivity contribution is 0.105. The van der Waals surface area contributed by atoms with E-state index in [0.29, 0.717) is 13.2 Å². The van der Waals surface area contributed by atoms with Crippen molar-refractivity contribution in [1.82, 2.24) is 10.6 Å². The number of nitrogens with zero attached hydrogens (tertiary/aromatic N) is 2. The van der Waals surface area contributed by atoms with Crippen molar-refractivity contribution < 1.29 is 9.15 Å². The first-order valence-electron chi connectivity index (χ1n) is 9.38. The number of anilines is 1. The lowest BCUT2D eigenvalue weighted by atomic mass is 10.2. The van der Waals surface area contributed by atoms with Gasteiger partial charge in [0.25, 0.3) is 0 Å². The molecule has 1 aromatic heterocycles. The lowest BCUT2D eigenvalue weighted by Crippen LogP contribution is -2.37. The average Bonchev–Trinajstić information content (AvgIpc) is 3.41. The molecular formula is C21H28N4O2. The van der Waals surface area contributed by atoms with Gasteiger partial charge in [0, 0.05) is 45.5 Å². The molecule has 2 heterocycles. The molecule has 0 saturated carbocycles. The summed E-state index contributed by atoms with van der Waals surface area (Å²) in [6.07, 6.45) is 6.97. The Morgan fingerprint density at radius 3 is 2.85 bits per heavy atom. The van der Waals surface area contributed by atoms with Crippen LogP contribution in [0.15, 0.2) is 64.2 Å². The summed E-state index contributed by atoms with van der Waals surface area (Å²) in [5.41, 5.74) is 2.50. The Hall–Kier alpha value is -2.73. The molecule has 1 aromatic carbocycles. The van der Waals surface area contributed by atoms with E-state index in [2.05, 4.69) is 56.9 Å². The van der Waals surface area contributed by atoms with Crippen LogP contribution in [0.1, 0.15) is 17.7 Å². The Morgan fingerprint density at radius 1 is 1.19 bits per heavy atom. The summed E-state index contributed by atoms with van der Waals surface area (Å²) in [7, 11) is 1.79. The van der Waals surface area contributed by atoms with Crippen molar-refractivity contribution in [3.8, 4) is 0 Å². The number of nitrogens with one attached hydrogen (secondary N) is 2. The van der Waals surface area contributed by atoms with E-state index in [1.54, 1.807) is 13.3 Å². The Balaban J connectivity index is 1.33. The SMILES string of the molecule is CN=C(NCCCOCc1ccco1)NCc1cccc(N2CC=CC2)c1. The Labute approximate surface area is 160 Å². The van der Waals surface area contributed by atoms with E-state index in [1.165, 1.54) is 11.3 Å². The summed E-state index contributed by atoms with van der Waals surface area (Å²) in [5.74, 6) is 1.65. The fourth-order valence-corrected chi connectivity index (χ4v) is 2.91. The van der Waals surface area contributed by atoms with Crippen molar-refractivity contribution in [2.45, 2.75) is 19.6 Å². The van der Waals surface area contributed by atoms with Crippen LogP contribution in [0.2, 0.25) is 0 Å². The van der Waals surface area contributed by atoms with Gasteiger partial charge in [0.2, 0.25) is 0 Å². The first-order chi connectivity index (χ1) is 13.3. The number of hydrogen-bond donors (Lipinski definition) is 2. The fraction of sp³-hybridized carbons (Fsp3) is 0.381. The molecule has 6 nitrogen and oxygen atoms in total. The van der Waals surface area contributed by atoms with Crippen molar-refractivity contribution >= 4 is 11.6 Å². The first-order valence-corrected chi connectivity index (χ1v) is 9.38. The highest BCUT2D eigenvalue weighted by Gasteiger charge is 2.08. The quantitative estimate of drug-likeness (QED) is 0.308. The maximum absolute atomic E-state index is 5.58. The highest BCUT2D eigenvalue weighted by Crippen LogP contribution is 2.18. The molecule has 1 aliphatic heterocycles. The molecule has 2 aromatic rings. The lowest BCUT2D eigenvalue weighted by Gasteiger charge is -2.19. The Bertz CT molecular complexity index is 732. The van der Waals surface area contributed by atoms with E-state index in [-0.39, 0.29) is 0 Å². The van der Waals surface area contributed by atoms with Crippen molar-refractivity contribution in [2.24, 2.45) is 4.99 Å². The van der Waals surface area contributed by atoms with Crippen molar-refractivity contribution in [3.05, 3.63) is 66.1 Å². The summed E-state index contributed by atoms with van der Waals surface area (Å²) in [6.45, 7) is 4.71. The largest absolute Gasteiger partial charge is 0.467 e. The average molecular weight is 368 g/mol. The van der Waals surface area contributed by atoms with Gasteiger partial charge < -0.3 is 24.7 Å². The van der Waals surface area contributed by atoms with E-state index in [1.807, 2.05) is 12.1 Å². The Kier molecular flexibility index (Phi) is 7.35. The number of furan rings is 1. The van der Waals surface area contributed by atoms with Gasteiger partial charge in [-0.2, -0.15) is 0 Å². The van der Waals surface area contributed by atoms with Crippen LogP contribution in [0.4, 0.5) is 5.69 Å². The summed E-state index contributed by atoms with van der Waals surface area (Å²) < 4.78 is 10.8. The molecular weight excluding hydrogens is 340 g/mol. The van der Waals surface area contributed by atoms with Crippen LogP contribution in [-0.2, 0) is 17.9 Å². The smallest absolute Gasteiger partial charge is 0.191 e. The number of ether oxygens (including phenoxy) is 1. The second-order valence-corrected chi connectivity index (χ2v) is 6.38. The molecule has 0 unspecified atom stereocenters. The van der Waals surface area contributed by atoms with Crippen LogP contribution in [-0.4, -0.2) is 39.2 Å². The van der Waals surface area contributed by atoms with Gasteiger partial charge in [0.15, 0.2) is 5.96 Å². The minimum atomic E-state index is 0.517. The van der Waals surface area contributed by atoms with Crippen LogP contribution in [0.3, 0.4) is 0 Å². The maximum atomic E-state index is 5.58. The van der Waals surface area contributed by atoms with Crippen LogP contribution in [0.25, 0.3) is 0 Å². The topological polar surface area (TPSA) is 62.0 Å². The summed E-state index contributed by atoms with van der Waals surface area (Å²) in [4.78, 5) is 6.63. The van der Waals surface area contributed by atoms with Gasteiger partial charge in [-0.05, 0) is 36.2 Å². The zero-order valence-electron chi connectivity index (χ0n) is 15.9. The highest BCUT2D eigenvalue weighted by atomic mass is 16.5.